The molecule has 104 valence electrons. The Hall–Kier alpha value is -1.35. The zero-order valence-corrected chi connectivity index (χ0v) is 12.1. The third kappa shape index (κ3) is 5.03. The quantitative estimate of drug-likeness (QED) is 0.587. The average molecular weight is 280 g/mol. The summed E-state index contributed by atoms with van der Waals surface area (Å²) in [6, 6.07) is 6.27. The summed E-state index contributed by atoms with van der Waals surface area (Å²) in [6.07, 6.45) is 6.23. The molecule has 5 heteroatoms. The van der Waals surface area contributed by atoms with Crippen molar-refractivity contribution in [3.05, 3.63) is 29.8 Å². The summed E-state index contributed by atoms with van der Waals surface area (Å²) in [7, 11) is -3.53. The van der Waals surface area contributed by atoms with E-state index >= 15 is 0 Å². The molecule has 0 aliphatic carbocycles. The Morgan fingerprint density at radius 1 is 1.32 bits per heavy atom. The number of nitrogens with one attached hydrogen (secondary N) is 2. The van der Waals surface area contributed by atoms with Gasteiger partial charge in [-0.3, -0.25) is 0 Å². The summed E-state index contributed by atoms with van der Waals surface area (Å²) in [5, 5.41) is 3.26. The number of benzene rings is 1. The van der Waals surface area contributed by atoms with Gasteiger partial charge in [-0.15, -0.1) is 6.42 Å². The number of terminal acetylenes is 1. The molecule has 0 radical (unpaired) electrons. The van der Waals surface area contributed by atoms with Gasteiger partial charge in [-0.25, -0.2) is 8.42 Å². The molecule has 0 aromatic heterocycles. The Kier molecular flexibility index (Phi) is 6.03. The summed E-state index contributed by atoms with van der Waals surface area (Å²) in [5.74, 6) is 2.34. The predicted octanol–water partition coefficient (Wildman–Crippen LogP) is 1.49. The second-order valence-electron chi connectivity index (χ2n) is 4.33. The van der Waals surface area contributed by atoms with E-state index in [2.05, 4.69) is 22.9 Å². The Morgan fingerprint density at radius 3 is 2.47 bits per heavy atom. The largest absolute Gasteiger partial charge is 0.313 e. The molecule has 1 aromatic carbocycles. The van der Waals surface area contributed by atoms with Gasteiger partial charge >= 0.3 is 0 Å². The Labute approximate surface area is 115 Å². The van der Waals surface area contributed by atoms with Gasteiger partial charge in [0.2, 0.25) is 10.0 Å². The van der Waals surface area contributed by atoms with E-state index in [-0.39, 0.29) is 4.90 Å². The van der Waals surface area contributed by atoms with Crippen LogP contribution in [0.25, 0.3) is 0 Å². The highest BCUT2D eigenvalue weighted by Crippen LogP contribution is 2.11. The fraction of sp³-hybridized carbons (Fsp3) is 0.429. The summed E-state index contributed by atoms with van der Waals surface area (Å²) in [4.78, 5) is 0.230. The van der Waals surface area contributed by atoms with E-state index in [0.717, 1.165) is 25.1 Å². The second-order valence-corrected chi connectivity index (χ2v) is 6.04. The lowest BCUT2D eigenvalue weighted by molar-refractivity contribution is 0.577. The minimum absolute atomic E-state index is 0.230. The molecule has 0 aliphatic rings. The first kappa shape index (κ1) is 15.7. The first-order valence-electron chi connectivity index (χ1n) is 6.27. The third-order valence-corrected chi connectivity index (χ3v) is 4.13. The van der Waals surface area contributed by atoms with Crippen molar-refractivity contribution in [1.29, 1.82) is 0 Å². The summed E-state index contributed by atoms with van der Waals surface area (Å²) < 4.78 is 26.3. The van der Waals surface area contributed by atoms with Gasteiger partial charge < -0.3 is 5.32 Å². The van der Waals surface area contributed by atoms with Crippen LogP contribution in [0, 0.1) is 12.3 Å². The predicted molar refractivity (Wildman–Crippen MR) is 77.1 cm³/mol. The number of hydrogen-bond acceptors (Lipinski definition) is 3. The van der Waals surface area contributed by atoms with Gasteiger partial charge in [-0.1, -0.05) is 25.0 Å². The molecule has 2 N–H and O–H groups in total. The molecule has 1 atom stereocenters. The molecule has 0 aliphatic heterocycles. The van der Waals surface area contributed by atoms with Gasteiger partial charge in [-0.2, -0.15) is 4.72 Å². The minimum atomic E-state index is -3.53. The maximum absolute atomic E-state index is 12.0. The van der Waals surface area contributed by atoms with Crippen LogP contribution in [0.4, 0.5) is 0 Å². The molecule has 19 heavy (non-hydrogen) atoms. The summed E-state index contributed by atoms with van der Waals surface area (Å²) in [5.41, 5.74) is 1.05. The highest BCUT2D eigenvalue weighted by Gasteiger charge is 2.15. The molecule has 0 spiro atoms. The van der Waals surface area contributed by atoms with Crippen LogP contribution in [-0.2, 0) is 16.6 Å². The molecule has 0 bridgehead atoms. The van der Waals surface area contributed by atoms with Crippen molar-refractivity contribution in [2.45, 2.75) is 37.8 Å². The molecule has 0 saturated carbocycles. The van der Waals surface area contributed by atoms with Gasteiger partial charge in [0.05, 0.1) is 10.9 Å². The maximum atomic E-state index is 12.0. The smallest absolute Gasteiger partial charge is 0.241 e. The Morgan fingerprint density at radius 2 is 1.95 bits per heavy atom. The molecule has 1 aromatic rings. The van der Waals surface area contributed by atoms with Crippen molar-refractivity contribution >= 4 is 10.0 Å². The Bertz CT molecular complexity index is 530. The normalized spacial score (nSPS) is 12.9. The van der Waals surface area contributed by atoms with Gasteiger partial charge in [0.1, 0.15) is 0 Å². The molecule has 0 amide bonds. The zero-order chi connectivity index (χ0) is 14.3. The van der Waals surface area contributed by atoms with Crippen LogP contribution in [0.15, 0.2) is 29.2 Å². The average Bonchev–Trinajstić information content (AvgIpc) is 2.39. The van der Waals surface area contributed by atoms with Crippen LogP contribution in [0.2, 0.25) is 0 Å². The summed E-state index contributed by atoms with van der Waals surface area (Å²) in [6.45, 7) is 5.41. The van der Waals surface area contributed by atoms with Crippen molar-refractivity contribution in [3.8, 4) is 12.3 Å². The van der Waals surface area contributed by atoms with Crippen LogP contribution < -0.4 is 10.0 Å². The third-order valence-electron chi connectivity index (χ3n) is 2.57. The molecule has 1 unspecified atom stereocenters. The highest BCUT2D eigenvalue weighted by molar-refractivity contribution is 7.89. The minimum Gasteiger partial charge on any atom is -0.313 e. The standard InChI is InChI=1S/C14H20N2O2S/c1-4-10-15-11-13-6-8-14(9-7-13)19(17,18)16-12(3)5-2/h2,6-9,12,15-16H,4,10-11H2,1,3H3. The number of hydrogen-bond donors (Lipinski definition) is 2. The second kappa shape index (κ2) is 7.29. The van der Waals surface area contributed by atoms with Crippen LogP contribution in [0.3, 0.4) is 0 Å². The molecule has 0 saturated heterocycles. The van der Waals surface area contributed by atoms with Crippen molar-refractivity contribution in [2.75, 3.05) is 6.54 Å². The molecule has 1 rings (SSSR count). The molecular weight excluding hydrogens is 260 g/mol. The van der Waals surface area contributed by atoms with Crippen LogP contribution in [-0.4, -0.2) is 21.0 Å². The van der Waals surface area contributed by atoms with E-state index in [1.54, 1.807) is 31.2 Å². The van der Waals surface area contributed by atoms with Gasteiger partial charge in [0.15, 0.2) is 0 Å². The van der Waals surface area contributed by atoms with E-state index in [1.165, 1.54) is 0 Å². The number of sulfonamides is 1. The Balaban J connectivity index is 2.73. The van der Waals surface area contributed by atoms with Gasteiger partial charge in [0.25, 0.3) is 0 Å². The molecular formula is C14H20N2O2S. The SMILES string of the molecule is C#CC(C)NS(=O)(=O)c1ccc(CNCCC)cc1. The fourth-order valence-corrected chi connectivity index (χ4v) is 2.69. The van der Waals surface area contributed by atoms with E-state index in [4.69, 9.17) is 6.42 Å². The lowest BCUT2D eigenvalue weighted by atomic mass is 10.2. The van der Waals surface area contributed by atoms with E-state index in [0.29, 0.717) is 0 Å². The number of rotatable bonds is 7. The van der Waals surface area contributed by atoms with Gasteiger partial charge in [0, 0.05) is 6.54 Å². The molecule has 4 nitrogen and oxygen atoms in total. The maximum Gasteiger partial charge on any atom is 0.241 e. The lowest BCUT2D eigenvalue weighted by Gasteiger charge is -2.09. The van der Waals surface area contributed by atoms with Crippen molar-refractivity contribution in [1.82, 2.24) is 10.0 Å². The topological polar surface area (TPSA) is 58.2 Å². The fourth-order valence-electron chi connectivity index (χ4n) is 1.53. The lowest BCUT2D eigenvalue weighted by Crippen LogP contribution is -2.31. The van der Waals surface area contributed by atoms with Crippen molar-refractivity contribution in [3.63, 3.8) is 0 Å². The van der Waals surface area contributed by atoms with Crippen LogP contribution >= 0.6 is 0 Å². The van der Waals surface area contributed by atoms with Crippen LogP contribution in [0.1, 0.15) is 25.8 Å². The highest BCUT2D eigenvalue weighted by atomic mass is 32.2. The van der Waals surface area contributed by atoms with Gasteiger partial charge in [-0.05, 0) is 37.6 Å². The van der Waals surface area contributed by atoms with E-state index in [1.807, 2.05) is 0 Å². The first-order valence-corrected chi connectivity index (χ1v) is 7.76. The zero-order valence-electron chi connectivity index (χ0n) is 11.3. The monoisotopic (exact) mass is 280 g/mol. The van der Waals surface area contributed by atoms with Crippen molar-refractivity contribution < 1.29 is 8.42 Å². The summed E-state index contributed by atoms with van der Waals surface area (Å²) >= 11 is 0. The first-order chi connectivity index (χ1) is 8.99. The van der Waals surface area contributed by atoms with E-state index in [9.17, 15) is 8.42 Å². The van der Waals surface area contributed by atoms with E-state index < -0.39 is 16.1 Å². The molecule has 0 heterocycles. The molecule has 0 fully saturated rings. The van der Waals surface area contributed by atoms with Crippen LogP contribution in [0.5, 0.6) is 0 Å². The van der Waals surface area contributed by atoms with Crippen molar-refractivity contribution in [2.24, 2.45) is 0 Å².